The summed E-state index contributed by atoms with van der Waals surface area (Å²) in [7, 11) is 0. The molecule has 0 aliphatic heterocycles. The topological polar surface area (TPSA) is 58.6 Å². The lowest BCUT2D eigenvalue weighted by atomic mass is 10.2. The van der Waals surface area contributed by atoms with E-state index in [9.17, 15) is 4.79 Å². The van der Waals surface area contributed by atoms with E-state index in [4.69, 9.17) is 21.4 Å². The molecule has 0 aliphatic rings. The molecule has 2 aromatic rings. The van der Waals surface area contributed by atoms with Crippen molar-refractivity contribution in [2.75, 3.05) is 13.2 Å². The summed E-state index contributed by atoms with van der Waals surface area (Å²) < 4.78 is 6.29. The Balaban J connectivity index is 1.66. The number of hydrogen-bond donors (Lipinski definition) is 2. The second-order valence-corrected chi connectivity index (χ2v) is 5.86. The van der Waals surface area contributed by atoms with Crippen LogP contribution in [0.3, 0.4) is 0 Å². The maximum atomic E-state index is 10.7. The van der Waals surface area contributed by atoms with Crippen LogP contribution in [0.5, 0.6) is 5.75 Å². The van der Waals surface area contributed by atoms with Crippen molar-refractivity contribution in [3.8, 4) is 5.75 Å². The van der Waals surface area contributed by atoms with E-state index >= 15 is 0 Å². The van der Waals surface area contributed by atoms with Crippen LogP contribution in [0.1, 0.15) is 15.2 Å². The van der Waals surface area contributed by atoms with E-state index < -0.39 is 5.97 Å². The summed E-state index contributed by atoms with van der Waals surface area (Å²) in [5, 5.41) is 12.0. The van der Waals surface area contributed by atoms with Gasteiger partial charge in [0.05, 0.1) is 9.90 Å². The number of carbonyl (C=O) groups is 1. The van der Waals surface area contributed by atoms with Gasteiger partial charge in [0.1, 0.15) is 12.4 Å². The number of carboxylic acid groups (broad SMARTS) is 1. The first-order chi connectivity index (χ1) is 9.65. The van der Waals surface area contributed by atoms with E-state index in [0.717, 1.165) is 10.9 Å². The summed E-state index contributed by atoms with van der Waals surface area (Å²) in [6, 6.07) is 10.2. The van der Waals surface area contributed by atoms with Crippen molar-refractivity contribution >= 4 is 28.9 Å². The van der Waals surface area contributed by atoms with Gasteiger partial charge in [-0.1, -0.05) is 11.6 Å². The van der Waals surface area contributed by atoms with Crippen molar-refractivity contribution in [3.63, 3.8) is 0 Å². The Bertz CT molecular complexity index is 568. The van der Waals surface area contributed by atoms with Crippen molar-refractivity contribution in [1.29, 1.82) is 0 Å². The summed E-state index contributed by atoms with van der Waals surface area (Å²) in [4.78, 5) is 11.9. The van der Waals surface area contributed by atoms with Gasteiger partial charge in [0.25, 0.3) is 0 Å². The van der Waals surface area contributed by atoms with E-state index in [0.29, 0.717) is 18.9 Å². The molecule has 4 nitrogen and oxygen atoms in total. The van der Waals surface area contributed by atoms with Crippen molar-refractivity contribution in [3.05, 3.63) is 51.2 Å². The maximum Gasteiger partial charge on any atom is 0.335 e. The van der Waals surface area contributed by atoms with Crippen LogP contribution in [0.25, 0.3) is 0 Å². The molecule has 0 saturated carbocycles. The number of thiophene rings is 1. The van der Waals surface area contributed by atoms with Gasteiger partial charge in [-0.2, -0.15) is 0 Å². The molecule has 0 radical (unpaired) electrons. The highest BCUT2D eigenvalue weighted by atomic mass is 35.5. The van der Waals surface area contributed by atoms with Gasteiger partial charge < -0.3 is 15.2 Å². The molecule has 0 saturated heterocycles. The first-order valence-corrected chi connectivity index (χ1v) is 7.25. The fourth-order valence-corrected chi connectivity index (χ4v) is 2.65. The predicted molar refractivity (Wildman–Crippen MR) is 79.9 cm³/mol. The van der Waals surface area contributed by atoms with Crippen LogP contribution in [-0.2, 0) is 6.54 Å². The fourth-order valence-electron chi connectivity index (χ4n) is 1.59. The Morgan fingerprint density at radius 3 is 2.60 bits per heavy atom. The molecule has 106 valence electrons. The quantitative estimate of drug-likeness (QED) is 0.771. The van der Waals surface area contributed by atoms with Gasteiger partial charge in [0.15, 0.2) is 0 Å². The van der Waals surface area contributed by atoms with Gasteiger partial charge in [0.2, 0.25) is 0 Å². The van der Waals surface area contributed by atoms with Gasteiger partial charge in [-0.15, -0.1) is 11.3 Å². The molecule has 6 heteroatoms. The fraction of sp³-hybridized carbons (Fsp3) is 0.214. The second kappa shape index (κ2) is 7.28. The third-order valence-electron chi connectivity index (χ3n) is 2.58. The summed E-state index contributed by atoms with van der Waals surface area (Å²) in [6.07, 6.45) is 0. The highest BCUT2D eigenvalue weighted by Crippen LogP contribution is 2.20. The minimum atomic E-state index is -0.937. The van der Waals surface area contributed by atoms with Gasteiger partial charge in [-0.3, -0.25) is 0 Å². The zero-order valence-electron chi connectivity index (χ0n) is 10.6. The minimum Gasteiger partial charge on any atom is -0.492 e. The minimum absolute atomic E-state index is 0.255. The van der Waals surface area contributed by atoms with Crippen LogP contribution in [0.2, 0.25) is 4.34 Å². The number of aromatic carboxylic acids is 1. The number of benzene rings is 1. The first kappa shape index (κ1) is 14.8. The van der Waals surface area contributed by atoms with Crippen molar-refractivity contribution in [1.82, 2.24) is 5.32 Å². The molecule has 0 atom stereocenters. The number of nitrogens with one attached hydrogen (secondary N) is 1. The maximum absolute atomic E-state index is 10.7. The number of ether oxygens (including phenoxy) is 1. The zero-order chi connectivity index (χ0) is 14.4. The molecule has 0 aliphatic carbocycles. The van der Waals surface area contributed by atoms with Crippen molar-refractivity contribution < 1.29 is 14.6 Å². The molecular formula is C14H14ClNO3S. The van der Waals surface area contributed by atoms with Crippen molar-refractivity contribution in [2.45, 2.75) is 6.54 Å². The zero-order valence-corrected chi connectivity index (χ0v) is 12.2. The molecule has 1 aromatic heterocycles. The van der Waals surface area contributed by atoms with E-state index in [1.807, 2.05) is 12.1 Å². The standard InChI is InChI=1S/C14H14ClNO3S/c15-13-6-5-12(20-13)9-16-7-8-19-11-3-1-10(2-4-11)14(17)18/h1-6,16H,7-9H2,(H,17,18). The second-order valence-electron chi connectivity index (χ2n) is 4.06. The molecule has 0 unspecified atom stereocenters. The van der Waals surface area contributed by atoms with Crippen LogP contribution in [0.4, 0.5) is 0 Å². The molecule has 20 heavy (non-hydrogen) atoms. The molecule has 0 spiro atoms. The summed E-state index contributed by atoms with van der Waals surface area (Å²) in [5.41, 5.74) is 0.255. The number of hydrogen-bond acceptors (Lipinski definition) is 4. The van der Waals surface area contributed by atoms with Crippen LogP contribution < -0.4 is 10.1 Å². The largest absolute Gasteiger partial charge is 0.492 e. The molecule has 2 rings (SSSR count). The van der Waals surface area contributed by atoms with Crippen LogP contribution in [0.15, 0.2) is 36.4 Å². The third-order valence-corrected chi connectivity index (χ3v) is 3.81. The highest BCUT2D eigenvalue weighted by molar-refractivity contribution is 7.16. The van der Waals surface area contributed by atoms with E-state index in [1.165, 1.54) is 17.0 Å². The van der Waals surface area contributed by atoms with Crippen LogP contribution >= 0.6 is 22.9 Å². The Morgan fingerprint density at radius 2 is 2.00 bits per heavy atom. The number of carboxylic acids is 1. The lowest BCUT2D eigenvalue weighted by Crippen LogP contribution is -2.20. The van der Waals surface area contributed by atoms with E-state index in [1.54, 1.807) is 23.5 Å². The highest BCUT2D eigenvalue weighted by Gasteiger charge is 2.02. The molecule has 1 heterocycles. The summed E-state index contributed by atoms with van der Waals surface area (Å²) in [6.45, 7) is 1.99. The Morgan fingerprint density at radius 1 is 1.25 bits per heavy atom. The normalized spacial score (nSPS) is 10.4. The average Bonchev–Trinajstić information content (AvgIpc) is 2.84. The molecule has 1 aromatic carbocycles. The van der Waals surface area contributed by atoms with Gasteiger partial charge in [-0.05, 0) is 36.4 Å². The van der Waals surface area contributed by atoms with E-state index in [-0.39, 0.29) is 5.56 Å². The van der Waals surface area contributed by atoms with Gasteiger partial charge in [-0.25, -0.2) is 4.79 Å². The van der Waals surface area contributed by atoms with Crippen LogP contribution in [-0.4, -0.2) is 24.2 Å². The predicted octanol–water partition coefficient (Wildman–Crippen LogP) is 3.27. The molecular weight excluding hydrogens is 298 g/mol. The SMILES string of the molecule is O=C(O)c1ccc(OCCNCc2ccc(Cl)s2)cc1. The number of rotatable bonds is 7. The van der Waals surface area contributed by atoms with Gasteiger partial charge in [0, 0.05) is 18.0 Å². The molecule has 2 N–H and O–H groups in total. The summed E-state index contributed by atoms with van der Waals surface area (Å²) in [5.74, 6) is -0.274. The smallest absolute Gasteiger partial charge is 0.335 e. The van der Waals surface area contributed by atoms with Gasteiger partial charge >= 0.3 is 5.97 Å². The Hall–Kier alpha value is -1.56. The molecule has 0 amide bonds. The van der Waals surface area contributed by atoms with Crippen LogP contribution in [0, 0.1) is 0 Å². The lowest BCUT2D eigenvalue weighted by Gasteiger charge is -2.07. The monoisotopic (exact) mass is 311 g/mol. The lowest BCUT2D eigenvalue weighted by molar-refractivity contribution is 0.0697. The summed E-state index contributed by atoms with van der Waals surface area (Å²) >= 11 is 7.39. The molecule has 0 bridgehead atoms. The van der Waals surface area contributed by atoms with Crippen molar-refractivity contribution in [2.24, 2.45) is 0 Å². The first-order valence-electron chi connectivity index (χ1n) is 6.06. The average molecular weight is 312 g/mol. The Kier molecular flexibility index (Phi) is 5.40. The third kappa shape index (κ3) is 4.52. The Labute approximate surface area is 126 Å². The molecule has 0 fully saturated rings. The van der Waals surface area contributed by atoms with E-state index in [2.05, 4.69) is 5.32 Å². The number of halogens is 1.